The van der Waals surface area contributed by atoms with E-state index in [0.717, 1.165) is 17.7 Å². The Kier molecular flexibility index (Phi) is 5.47. The zero-order valence-corrected chi connectivity index (χ0v) is 17.3. The van der Waals surface area contributed by atoms with Crippen LogP contribution in [0.5, 0.6) is 0 Å². The summed E-state index contributed by atoms with van der Waals surface area (Å²) in [6.07, 6.45) is 2.20. The van der Waals surface area contributed by atoms with E-state index in [4.69, 9.17) is 4.42 Å². The molecule has 28 heavy (non-hydrogen) atoms. The van der Waals surface area contributed by atoms with Crippen molar-refractivity contribution in [3.63, 3.8) is 0 Å². The molecule has 0 bridgehead atoms. The Morgan fingerprint density at radius 3 is 2.36 bits per heavy atom. The maximum absolute atomic E-state index is 13.4. The van der Waals surface area contributed by atoms with Crippen molar-refractivity contribution >= 4 is 21.6 Å². The highest BCUT2D eigenvalue weighted by atomic mass is 32.2. The first-order chi connectivity index (χ1) is 13.3. The van der Waals surface area contributed by atoms with Crippen molar-refractivity contribution in [2.75, 3.05) is 5.32 Å². The quantitative estimate of drug-likeness (QED) is 0.660. The molecule has 0 aliphatic rings. The van der Waals surface area contributed by atoms with Crippen LogP contribution < -0.4 is 5.32 Å². The average molecular weight is 401 g/mol. The second kappa shape index (κ2) is 7.67. The molecule has 7 heteroatoms. The predicted octanol–water partition coefficient (Wildman–Crippen LogP) is 4.50. The van der Waals surface area contributed by atoms with Gasteiger partial charge in [0.05, 0.1) is 11.2 Å². The first-order valence-corrected chi connectivity index (χ1v) is 10.6. The number of aromatic nitrogens is 1. The molecule has 1 N–H and O–H groups in total. The molecule has 0 aliphatic carbocycles. The maximum atomic E-state index is 13.4. The van der Waals surface area contributed by atoms with Crippen LogP contribution in [-0.4, -0.2) is 18.9 Å². The fraction of sp³-hybridized carbons (Fsp3) is 0.286. The van der Waals surface area contributed by atoms with Gasteiger partial charge >= 0.3 is 0 Å². The van der Waals surface area contributed by atoms with E-state index in [9.17, 15) is 13.2 Å². The van der Waals surface area contributed by atoms with E-state index in [0.29, 0.717) is 12.1 Å². The van der Waals surface area contributed by atoms with Crippen LogP contribution in [0.4, 0.5) is 5.82 Å². The van der Waals surface area contributed by atoms with E-state index in [-0.39, 0.29) is 21.4 Å². The molecule has 0 spiro atoms. The van der Waals surface area contributed by atoms with Gasteiger partial charge < -0.3 is 14.3 Å². The monoisotopic (exact) mass is 400 g/mol. The molecule has 0 saturated carbocycles. The van der Waals surface area contributed by atoms with E-state index < -0.39 is 15.7 Å². The number of anilines is 1. The summed E-state index contributed by atoms with van der Waals surface area (Å²) in [5, 5.41) is 2.77. The van der Waals surface area contributed by atoms with Crippen LogP contribution in [0.1, 0.15) is 40.7 Å². The molecule has 1 amide bonds. The minimum atomic E-state index is -3.82. The van der Waals surface area contributed by atoms with Crippen molar-refractivity contribution in [2.24, 2.45) is 0 Å². The van der Waals surface area contributed by atoms with Crippen LogP contribution in [0.25, 0.3) is 0 Å². The predicted molar refractivity (Wildman–Crippen MR) is 107 cm³/mol. The molecule has 0 unspecified atom stereocenters. The highest BCUT2D eigenvalue weighted by molar-refractivity contribution is 7.91. The number of nitrogens with zero attached hydrogens (tertiary/aromatic N) is 1. The van der Waals surface area contributed by atoms with Gasteiger partial charge in [-0.1, -0.05) is 24.6 Å². The first kappa shape index (κ1) is 19.9. The van der Waals surface area contributed by atoms with Gasteiger partial charge in [-0.15, -0.1) is 0 Å². The highest BCUT2D eigenvalue weighted by Crippen LogP contribution is 2.35. The second-order valence-corrected chi connectivity index (χ2v) is 8.67. The molecular weight excluding hydrogens is 376 g/mol. The summed E-state index contributed by atoms with van der Waals surface area (Å²) >= 11 is 0. The van der Waals surface area contributed by atoms with Crippen LogP contribution in [0, 0.1) is 20.8 Å². The van der Waals surface area contributed by atoms with Crippen LogP contribution >= 0.6 is 0 Å². The van der Waals surface area contributed by atoms with Crippen molar-refractivity contribution in [2.45, 2.75) is 50.5 Å². The van der Waals surface area contributed by atoms with Crippen LogP contribution in [0.2, 0.25) is 0 Å². The number of hydrogen-bond acceptors (Lipinski definition) is 4. The molecule has 0 atom stereocenters. The summed E-state index contributed by atoms with van der Waals surface area (Å²) in [4.78, 5) is 12.9. The molecule has 0 radical (unpaired) electrons. The van der Waals surface area contributed by atoms with Crippen molar-refractivity contribution in [3.05, 3.63) is 65.2 Å². The van der Waals surface area contributed by atoms with Gasteiger partial charge in [0.15, 0.2) is 5.76 Å². The lowest BCUT2D eigenvalue weighted by molar-refractivity contribution is 0.0995. The molecule has 3 aromatic rings. The van der Waals surface area contributed by atoms with Crippen LogP contribution in [-0.2, 0) is 16.4 Å². The van der Waals surface area contributed by atoms with Gasteiger partial charge in [0.1, 0.15) is 10.7 Å². The molecule has 2 heterocycles. The average Bonchev–Trinajstić information content (AvgIpc) is 3.26. The van der Waals surface area contributed by atoms with Gasteiger partial charge in [-0.05, 0) is 57.0 Å². The summed E-state index contributed by atoms with van der Waals surface area (Å²) in [7, 11) is -3.82. The molecule has 3 rings (SSSR count). The number of rotatable bonds is 6. The Hall–Kier alpha value is -2.80. The summed E-state index contributed by atoms with van der Waals surface area (Å²) in [5.41, 5.74) is 2.41. The molecular formula is C21H24N2O4S. The minimum Gasteiger partial charge on any atom is -0.459 e. The van der Waals surface area contributed by atoms with E-state index >= 15 is 0 Å². The third-order valence-corrected chi connectivity index (χ3v) is 6.73. The molecule has 0 aliphatic heterocycles. The van der Waals surface area contributed by atoms with E-state index in [1.165, 1.54) is 12.3 Å². The maximum Gasteiger partial charge on any atom is 0.292 e. The van der Waals surface area contributed by atoms with Gasteiger partial charge in [-0.2, -0.15) is 0 Å². The van der Waals surface area contributed by atoms with E-state index in [2.05, 4.69) is 5.32 Å². The lowest BCUT2D eigenvalue weighted by Gasteiger charge is -2.13. The number of benzene rings is 1. The number of aryl methyl sites for hydroxylation is 1. The Balaban J connectivity index is 2.18. The number of sulfone groups is 1. The van der Waals surface area contributed by atoms with Gasteiger partial charge in [-0.3, -0.25) is 4.79 Å². The zero-order chi connectivity index (χ0) is 20.5. The lowest BCUT2D eigenvalue weighted by Crippen LogP contribution is -2.17. The van der Waals surface area contributed by atoms with E-state index in [1.807, 2.05) is 25.3 Å². The third kappa shape index (κ3) is 3.49. The summed E-state index contributed by atoms with van der Waals surface area (Å²) < 4.78 is 33.9. The minimum absolute atomic E-state index is 0.123. The zero-order valence-electron chi connectivity index (χ0n) is 16.4. The highest BCUT2D eigenvalue weighted by Gasteiger charge is 2.30. The number of furan rings is 1. The summed E-state index contributed by atoms with van der Waals surface area (Å²) in [6, 6.07) is 9.86. The standard InChI is InChI=1S/C21H24N2O4S/c1-5-12-23-16(4)15(3)19(20(23)22-21(24)18-7-6-13-27-18)28(25,26)17-10-8-14(2)9-11-17/h6-11,13H,5,12H2,1-4H3,(H,22,24). The fourth-order valence-corrected chi connectivity index (χ4v) is 4.90. The Labute approximate surface area is 165 Å². The van der Waals surface area contributed by atoms with Gasteiger partial charge in [0.2, 0.25) is 9.84 Å². The molecule has 6 nitrogen and oxygen atoms in total. The van der Waals surface area contributed by atoms with Gasteiger partial charge in [-0.25, -0.2) is 8.42 Å². The molecule has 0 saturated heterocycles. The normalized spacial score (nSPS) is 11.6. The topological polar surface area (TPSA) is 81.3 Å². The largest absolute Gasteiger partial charge is 0.459 e. The lowest BCUT2D eigenvalue weighted by atomic mass is 10.2. The van der Waals surface area contributed by atoms with Crippen molar-refractivity contribution in [1.82, 2.24) is 4.57 Å². The smallest absolute Gasteiger partial charge is 0.292 e. The molecule has 2 aromatic heterocycles. The number of hydrogen-bond donors (Lipinski definition) is 1. The molecule has 148 valence electrons. The van der Waals surface area contributed by atoms with Crippen molar-refractivity contribution < 1.29 is 17.6 Å². The van der Waals surface area contributed by atoms with Crippen LogP contribution in [0.15, 0.2) is 56.9 Å². The van der Waals surface area contributed by atoms with Gasteiger partial charge in [0, 0.05) is 12.2 Å². The summed E-state index contributed by atoms with van der Waals surface area (Å²) in [5.74, 6) is -0.0859. The molecule has 0 fully saturated rings. The van der Waals surface area contributed by atoms with Gasteiger partial charge in [0.25, 0.3) is 5.91 Å². The first-order valence-electron chi connectivity index (χ1n) is 9.13. The number of amides is 1. The van der Waals surface area contributed by atoms with E-state index in [1.54, 1.807) is 37.3 Å². The fourth-order valence-electron chi connectivity index (χ4n) is 3.20. The van der Waals surface area contributed by atoms with Crippen molar-refractivity contribution in [3.8, 4) is 0 Å². The summed E-state index contributed by atoms with van der Waals surface area (Å²) in [6.45, 7) is 8.12. The second-order valence-electron chi connectivity index (χ2n) is 6.79. The number of carbonyl (C=O) groups excluding carboxylic acids is 1. The Bertz CT molecular complexity index is 1090. The molecule has 1 aromatic carbocycles. The van der Waals surface area contributed by atoms with Crippen LogP contribution in [0.3, 0.4) is 0 Å². The SMILES string of the molecule is CCCn1c(C)c(C)c(S(=O)(=O)c2ccc(C)cc2)c1NC(=O)c1ccco1. The Morgan fingerprint density at radius 2 is 1.79 bits per heavy atom. The third-order valence-electron chi connectivity index (χ3n) is 4.80. The van der Waals surface area contributed by atoms with Crippen molar-refractivity contribution in [1.29, 1.82) is 0 Å². The number of carbonyl (C=O) groups is 1. The number of nitrogens with one attached hydrogen (secondary N) is 1. The Morgan fingerprint density at radius 1 is 1.11 bits per heavy atom.